The molecule has 2 rings (SSSR count). The maximum atomic E-state index is 11.7. The molecule has 0 aromatic carbocycles. The Morgan fingerprint density at radius 3 is 3.08 bits per heavy atom. The molecule has 0 saturated heterocycles. The van der Waals surface area contributed by atoms with Crippen molar-refractivity contribution >= 4 is 5.91 Å². The summed E-state index contributed by atoms with van der Waals surface area (Å²) in [6, 6.07) is 0. The fourth-order valence-electron chi connectivity index (χ4n) is 1.32. The Morgan fingerprint density at radius 1 is 1.54 bits per heavy atom. The molecule has 1 aromatic heterocycles. The number of carbonyl (C=O) groups excluding carboxylic acids is 1. The smallest absolute Gasteiger partial charge is 0.259 e. The number of nitrogens with zero attached hydrogens (tertiary/aromatic N) is 2. The lowest BCUT2D eigenvalue weighted by atomic mass is 10.2. The molecular formula is C9H10N2O2. The lowest BCUT2D eigenvalue weighted by Crippen LogP contribution is -2.33. The van der Waals surface area contributed by atoms with Gasteiger partial charge in [0.25, 0.3) is 5.91 Å². The van der Waals surface area contributed by atoms with Gasteiger partial charge in [-0.3, -0.25) is 4.79 Å². The Labute approximate surface area is 75.8 Å². The van der Waals surface area contributed by atoms with Crippen LogP contribution in [-0.4, -0.2) is 29.1 Å². The number of amides is 1. The summed E-state index contributed by atoms with van der Waals surface area (Å²) in [6.45, 7) is 1.46. The third-order valence-corrected chi connectivity index (χ3v) is 2.02. The zero-order valence-corrected chi connectivity index (χ0v) is 7.14. The first-order valence-electron chi connectivity index (χ1n) is 4.21. The molecule has 0 saturated carbocycles. The zero-order chi connectivity index (χ0) is 9.10. The van der Waals surface area contributed by atoms with Gasteiger partial charge in [-0.15, -0.1) is 0 Å². The fourth-order valence-corrected chi connectivity index (χ4v) is 1.32. The summed E-state index contributed by atoms with van der Waals surface area (Å²) in [6.07, 6.45) is 7.82. The minimum absolute atomic E-state index is 0.00870. The summed E-state index contributed by atoms with van der Waals surface area (Å²) in [5, 5.41) is 3.50. The van der Waals surface area contributed by atoms with Crippen LogP contribution in [0.1, 0.15) is 16.8 Å². The highest BCUT2D eigenvalue weighted by Crippen LogP contribution is 2.07. The Kier molecular flexibility index (Phi) is 2.12. The van der Waals surface area contributed by atoms with Crippen LogP contribution in [0.5, 0.6) is 0 Å². The molecule has 1 aromatic rings. The summed E-state index contributed by atoms with van der Waals surface area (Å²) in [5.41, 5.74) is 0.523. The second-order valence-corrected chi connectivity index (χ2v) is 2.92. The quantitative estimate of drug-likeness (QED) is 0.604. The first kappa shape index (κ1) is 8.04. The maximum Gasteiger partial charge on any atom is 0.259 e. The van der Waals surface area contributed by atoms with Crippen LogP contribution in [-0.2, 0) is 0 Å². The van der Waals surface area contributed by atoms with Crippen molar-refractivity contribution in [1.29, 1.82) is 0 Å². The van der Waals surface area contributed by atoms with E-state index in [1.807, 2.05) is 6.08 Å². The van der Waals surface area contributed by atoms with E-state index in [1.54, 1.807) is 4.90 Å². The van der Waals surface area contributed by atoms with Crippen LogP contribution >= 0.6 is 0 Å². The van der Waals surface area contributed by atoms with Gasteiger partial charge in [-0.2, -0.15) is 0 Å². The minimum atomic E-state index is -0.00870. The minimum Gasteiger partial charge on any atom is -0.364 e. The molecule has 0 aliphatic carbocycles. The van der Waals surface area contributed by atoms with Gasteiger partial charge in [0, 0.05) is 13.1 Å². The van der Waals surface area contributed by atoms with Gasteiger partial charge in [0.1, 0.15) is 6.26 Å². The van der Waals surface area contributed by atoms with Gasteiger partial charge in [0.15, 0.2) is 0 Å². The molecule has 1 amide bonds. The normalized spacial score (nSPS) is 16.2. The van der Waals surface area contributed by atoms with E-state index in [2.05, 4.69) is 15.8 Å². The summed E-state index contributed by atoms with van der Waals surface area (Å²) in [5.74, 6) is -0.00870. The van der Waals surface area contributed by atoms with E-state index in [1.165, 1.54) is 12.5 Å². The van der Waals surface area contributed by atoms with E-state index in [0.717, 1.165) is 13.0 Å². The molecule has 68 valence electrons. The Hall–Kier alpha value is -1.58. The van der Waals surface area contributed by atoms with Gasteiger partial charge in [0.05, 0.1) is 11.8 Å². The van der Waals surface area contributed by atoms with Gasteiger partial charge in [-0.1, -0.05) is 17.3 Å². The second kappa shape index (κ2) is 3.43. The van der Waals surface area contributed by atoms with Crippen LogP contribution in [0.15, 0.2) is 29.1 Å². The molecule has 1 aliphatic heterocycles. The van der Waals surface area contributed by atoms with Crippen molar-refractivity contribution in [3.63, 3.8) is 0 Å². The van der Waals surface area contributed by atoms with Crippen LogP contribution in [0.3, 0.4) is 0 Å². The molecule has 13 heavy (non-hydrogen) atoms. The van der Waals surface area contributed by atoms with Gasteiger partial charge in [-0.05, 0) is 6.42 Å². The van der Waals surface area contributed by atoms with Crippen molar-refractivity contribution in [3.05, 3.63) is 30.2 Å². The van der Waals surface area contributed by atoms with Gasteiger partial charge < -0.3 is 9.42 Å². The van der Waals surface area contributed by atoms with Crippen LogP contribution in [0.2, 0.25) is 0 Å². The SMILES string of the molecule is O=C(c1cnoc1)N1CC=CCC1. The van der Waals surface area contributed by atoms with Crippen LogP contribution in [0.4, 0.5) is 0 Å². The van der Waals surface area contributed by atoms with Crippen molar-refractivity contribution in [2.45, 2.75) is 6.42 Å². The van der Waals surface area contributed by atoms with Crippen LogP contribution in [0, 0.1) is 0 Å². The highest BCUT2D eigenvalue weighted by atomic mass is 16.5. The predicted molar refractivity (Wildman–Crippen MR) is 46.2 cm³/mol. The molecule has 2 heterocycles. The largest absolute Gasteiger partial charge is 0.364 e. The second-order valence-electron chi connectivity index (χ2n) is 2.92. The van der Waals surface area contributed by atoms with Crippen molar-refractivity contribution < 1.29 is 9.32 Å². The van der Waals surface area contributed by atoms with Crippen molar-refractivity contribution in [1.82, 2.24) is 10.1 Å². The molecule has 0 atom stereocenters. The highest BCUT2D eigenvalue weighted by molar-refractivity contribution is 5.93. The summed E-state index contributed by atoms with van der Waals surface area (Å²) in [4.78, 5) is 13.4. The summed E-state index contributed by atoms with van der Waals surface area (Å²) in [7, 11) is 0. The monoisotopic (exact) mass is 178 g/mol. The van der Waals surface area contributed by atoms with E-state index in [4.69, 9.17) is 0 Å². The molecule has 1 aliphatic rings. The van der Waals surface area contributed by atoms with E-state index in [-0.39, 0.29) is 5.91 Å². The first-order valence-corrected chi connectivity index (χ1v) is 4.21. The average molecular weight is 178 g/mol. The number of rotatable bonds is 1. The maximum absolute atomic E-state index is 11.7. The number of hydrogen-bond donors (Lipinski definition) is 0. The molecule has 0 spiro atoms. The molecule has 0 fully saturated rings. The Bertz CT molecular complexity index is 316. The van der Waals surface area contributed by atoms with Crippen LogP contribution in [0.25, 0.3) is 0 Å². The van der Waals surface area contributed by atoms with E-state index in [9.17, 15) is 4.79 Å². The lowest BCUT2D eigenvalue weighted by molar-refractivity contribution is 0.0770. The third-order valence-electron chi connectivity index (χ3n) is 2.02. The summed E-state index contributed by atoms with van der Waals surface area (Å²) >= 11 is 0. The van der Waals surface area contributed by atoms with E-state index >= 15 is 0 Å². The highest BCUT2D eigenvalue weighted by Gasteiger charge is 2.16. The van der Waals surface area contributed by atoms with Crippen LogP contribution < -0.4 is 0 Å². The lowest BCUT2D eigenvalue weighted by Gasteiger charge is -2.22. The molecule has 0 unspecified atom stereocenters. The van der Waals surface area contributed by atoms with Crippen molar-refractivity contribution in [2.24, 2.45) is 0 Å². The van der Waals surface area contributed by atoms with E-state index < -0.39 is 0 Å². The van der Waals surface area contributed by atoms with Crippen molar-refractivity contribution in [2.75, 3.05) is 13.1 Å². The zero-order valence-electron chi connectivity index (χ0n) is 7.14. The molecule has 4 heteroatoms. The van der Waals surface area contributed by atoms with Gasteiger partial charge in [-0.25, -0.2) is 0 Å². The van der Waals surface area contributed by atoms with E-state index in [0.29, 0.717) is 12.1 Å². The Balaban J connectivity index is 2.09. The molecule has 0 N–H and O–H groups in total. The summed E-state index contributed by atoms with van der Waals surface area (Å²) < 4.78 is 4.61. The average Bonchev–Trinajstić information content (AvgIpc) is 2.71. The van der Waals surface area contributed by atoms with Gasteiger partial charge in [0.2, 0.25) is 0 Å². The first-order chi connectivity index (χ1) is 6.38. The fraction of sp³-hybridized carbons (Fsp3) is 0.333. The topological polar surface area (TPSA) is 46.3 Å². The molecule has 4 nitrogen and oxygen atoms in total. The number of aromatic nitrogens is 1. The van der Waals surface area contributed by atoms with Crippen molar-refractivity contribution in [3.8, 4) is 0 Å². The third kappa shape index (κ3) is 1.61. The van der Waals surface area contributed by atoms with Gasteiger partial charge >= 0.3 is 0 Å². The molecular weight excluding hydrogens is 168 g/mol. The predicted octanol–water partition coefficient (Wildman–Crippen LogP) is 1.08. The standard InChI is InChI=1S/C9H10N2O2/c12-9(8-6-10-13-7-8)11-4-2-1-3-5-11/h1-2,6-7H,3-5H2. The number of hydrogen-bond acceptors (Lipinski definition) is 3. The number of carbonyl (C=O) groups is 1. The molecule has 0 radical (unpaired) electrons. The Morgan fingerprint density at radius 2 is 2.46 bits per heavy atom. The molecule has 0 bridgehead atoms.